The van der Waals surface area contributed by atoms with Gasteiger partial charge in [0.15, 0.2) is 0 Å². The first-order valence-corrected chi connectivity index (χ1v) is 6.55. The third kappa shape index (κ3) is 2.87. The molecule has 18 heavy (non-hydrogen) atoms. The van der Waals surface area contributed by atoms with Crippen molar-refractivity contribution in [1.29, 1.82) is 0 Å². The maximum Gasteiger partial charge on any atom is 0.335 e. The maximum atomic E-state index is 11.1. The quantitative estimate of drug-likeness (QED) is 0.881. The minimum atomic E-state index is -0.937. The molecule has 0 fully saturated rings. The second kappa shape index (κ2) is 5.18. The molecule has 0 unspecified atom stereocenters. The van der Waals surface area contributed by atoms with Crippen LogP contribution in [0.15, 0.2) is 29.0 Å². The van der Waals surface area contributed by atoms with Crippen LogP contribution in [0.5, 0.6) is 0 Å². The van der Waals surface area contributed by atoms with Gasteiger partial charge in [-0.25, -0.2) is 9.78 Å². The highest BCUT2D eigenvalue weighted by molar-refractivity contribution is 7.08. The molecule has 0 aliphatic rings. The van der Waals surface area contributed by atoms with Gasteiger partial charge in [0, 0.05) is 11.1 Å². The molecule has 94 valence electrons. The van der Waals surface area contributed by atoms with Crippen molar-refractivity contribution in [3.63, 3.8) is 0 Å². The van der Waals surface area contributed by atoms with E-state index >= 15 is 0 Å². The molecule has 2 aromatic rings. The molecule has 4 nitrogen and oxygen atoms in total. The number of nitrogens with one attached hydrogen (secondary N) is 1. The summed E-state index contributed by atoms with van der Waals surface area (Å²) in [7, 11) is 0. The highest BCUT2D eigenvalue weighted by Gasteiger charge is 2.11. The van der Waals surface area contributed by atoms with Crippen molar-refractivity contribution < 1.29 is 9.90 Å². The van der Waals surface area contributed by atoms with Gasteiger partial charge in [-0.05, 0) is 29.5 Å². The minimum absolute atomic E-state index is 0.187. The Hall–Kier alpha value is -1.88. The van der Waals surface area contributed by atoms with Crippen LogP contribution in [0.4, 0.5) is 11.5 Å². The second-order valence-corrected chi connectivity index (χ2v) is 5.04. The molecule has 0 saturated carbocycles. The van der Waals surface area contributed by atoms with Gasteiger partial charge in [0.25, 0.3) is 0 Å². The molecule has 0 radical (unpaired) electrons. The third-order valence-electron chi connectivity index (χ3n) is 2.48. The summed E-state index contributed by atoms with van der Waals surface area (Å²) >= 11 is 1.57. The van der Waals surface area contributed by atoms with Crippen LogP contribution in [-0.2, 0) is 0 Å². The standard InChI is InChI=1S/C13H14N2O2S/c1-8(2)11-5-9(13(16)17)6-12(15-11)14-10-3-4-18-7-10/h3-8H,1-2H3,(H,14,15)(H,16,17). The Bertz CT molecular complexity index is 550. The van der Waals surface area contributed by atoms with Gasteiger partial charge in [0.05, 0.1) is 11.3 Å². The molecule has 2 heterocycles. The van der Waals surface area contributed by atoms with Gasteiger partial charge in [-0.2, -0.15) is 11.3 Å². The molecule has 5 heteroatoms. The first kappa shape index (κ1) is 12.6. The fraction of sp³-hybridized carbons (Fsp3) is 0.231. The number of hydrogen-bond acceptors (Lipinski definition) is 4. The summed E-state index contributed by atoms with van der Waals surface area (Å²) < 4.78 is 0. The molecule has 2 rings (SSSR count). The smallest absolute Gasteiger partial charge is 0.335 e. The molecule has 0 saturated heterocycles. The van der Waals surface area contributed by atoms with Crippen LogP contribution in [0.25, 0.3) is 0 Å². The summed E-state index contributed by atoms with van der Waals surface area (Å²) in [5, 5.41) is 16.1. The van der Waals surface area contributed by atoms with E-state index in [1.807, 2.05) is 30.7 Å². The minimum Gasteiger partial charge on any atom is -0.478 e. The predicted octanol–water partition coefficient (Wildman–Crippen LogP) is 3.71. The number of nitrogens with zero attached hydrogens (tertiary/aromatic N) is 1. The molecule has 0 atom stereocenters. The van der Waals surface area contributed by atoms with Crippen molar-refractivity contribution in [2.24, 2.45) is 0 Å². The van der Waals surface area contributed by atoms with Crippen LogP contribution in [-0.4, -0.2) is 16.1 Å². The van der Waals surface area contributed by atoms with Gasteiger partial charge in [-0.1, -0.05) is 13.8 Å². The van der Waals surface area contributed by atoms with Crippen molar-refractivity contribution in [3.8, 4) is 0 Å². The topological polar surface area (TPSA) is 62.2 Å². The zero-order valence-corrected chi connectivity index (χ0v) is 11.0. The maximum absolute atomic E-state index is 11.1. The first-order valence-electron chi connectivity index (χ1n) is 5.61. The number of hydrogen-bond donors (Lipinski definition) is 2. The largest absolute Gasteiger partial charge is 0.478 e. The lowest BCUT2D eigenvalue weighted by Crippen LogP contribution is -2.04. The van der Waals surface area contributed by atoms with E-state index in [0.717, 1.165) is 11.4 Å². The molecule has 0 spiro atoms. The van der Waals surface area contributed by atoms with Crippen LogP contribution in [0.2, 0.25) is 0 Å². The number of aromatic carboxylic acids is 1. The molecule has 0 bridgehead atoms. The molecule has 0 aliphatic heterocycles. The van der Waals surface area contributed by atoms with Crippen molar-refractivity contribution in [1.82, 2.24) is 4.98 Å². The van der Waals surface area contributed by atoms with Crippen molar-refractivity contribution >= 4 is 28.8 Å². The molecule has 0 aliphatic carbocycles. The second-order valence-electron chi connectivity index (χ2n) is 4.26. The zero-order valence-electron chi connectivity index (χ0n) is 10.2. The van der Waals surface area contributed by atoms with Crippen LogP contribution in [0.3, 0.4) is 0 Å². The number of thiophene rings is 1. The van der Waals surface area contributed by atoms with E-state index in [1.54, 1.807) is 23.5 Å². The summed E-state index contributed by atoms with van der Waals surface area (Å²) in [4.78, 5) is 15.5. The van der Waals surface area contributed by atoms with Crippen LogP contribution in [0.1, 0.15) is 35.8 Å². The van der Waals surface area contributed by atoms with Crippen LogP contribution < -0.4 is 5.32 Å². The molecule has 2 N–H and O–H groups in total. The van der Waals surface area contributed by atoms with Crippen LogP contribution >= 0.6 is 11.3 Å². The van der Waals surface area contributed by atoms with E-state index in [2.05, 4.69) is 10.3 Å². The van der Waals surface area contributed by atoms with Crippen LogP contribution in [0, 0.1) is 0 Å². The number of pyridine rings is 1. The summed E-state index contributed by atoms with van der Waals surface area (Å²) in [6.07, 6.45) is 0. The Balaban J connectivity index is 2.37. The summed E-state index contributed by atoms with van der Waals surface area (Å²) in [6, 6.07) is 5.09. The fourth-order valence-corrected chi connectivity index (χ4v) is 2.11. The highest BCUT2D eigenvalue weighted by atomic mass is 32.1. The van der Waals surface area contributed by atoms with E-state index in [1.165, 1.54) is 0 Å². The normalized spacial score (nSPS) is 10.6. The number of rotatable bonds is 4. The molecule has 2 aromatic heterocycles. The van der Waals surface area contributed by atoms with Crippen molar-refractivity contribution in [3.05, 3.63) is 40.2 Å². The Labute approximate surface area is 109 Å². The molecular weight excluding hydrogens is 248 g/mol. The zero-order chi connectivity index (χ0) is 13.1. The molecular formula is C13H14N2O2S. The first-order chi connectivity index (χ1) is 8.56. The Kier molecular flexibility index (Phi) is 3.62. The van der Waals surface area contributed by atoms with Crippen molar-refractivity contribution in [2.75, 3.05) is 5.32 Å². The predicted molar refractivity (Wildman–Crippen MR) is 72.9 cm³/mol. The van der Waals surface area contributed by atoms with E-state index in [9.17, 15) is 4.79 Å². The number of carboxylic acid groups (broad SMARTS) is 1. The monoisotopic (exact) mass is 262 g/mol. The van der Waals surface area contributed by atoms with E-state index in [0.29, 0.717) is 5.82 Å². The van der Waals surface area contributed by atoms with Gasteiger partial charge in [-0.15, -0.1) is 0 Å². The van der Waals surface area contributed by atoms with E-state index in [4.69, 9.17) is 5.11 Å². The third-order valence-corrected chi connectivity index (χ3v) is 3.16. The fourth-order valence-electron chi connectivity index (χ4n) is 1.52. The van der Waals surface area contributed by atoms with E-state index < -0.39 is 5.97 Å². The van der Waals surface area contributed by atoms with Gasteiger partial charge in [0.2, 0.25) is 0 Å². The Morgan fingerprint density at radius 2 is 2.22 bits per heavy atom. The lowest BCUT2D eigenvalue weighted by molar-refractivity contribution is 0.0696. The number of aromatic nitrogens is 1. The van der Waals surface area contributed by atoms with Gasteiger partial charge < -0.3 is 10.4 Å². The summed E-state index contributed by atoms with van der Waals surface area (Å²) in [6.45, 7) is 3.98. The van der Waals surface area contributed by atoms with Gasteiger partial charge >= 0.3 is 5.97 Å². The molecule has 0 amide bonds. The van der Waals surface area contributed by atoms with Gasteiger partial charge in [-0.3, -0.25) is 0 Å². The SMILES string of the molecule is CC(C)c1cc(C(=O)O)cc(Nc2ccsc2)n1. The highest BCUT2D eigenvalue weighted by Crippen LogP contribution is 2.22. The van der Waals surface area contributed by atoms with Crippen molar-refractivity contribution in [2.45, 2.75) is 19.8 Å². The number of anilines is 2. The summed E-state index contributed by atoms with van der Waals surface area (Å²) in [5.74, 6) is -0.183. The number of carbonyl (C=O) groups is 1. The van der Waals surface area contributed by atoms with E-state index in [-0.39, 0.29) is 11.5 Å². The average molecular weight is 262 g/mol. The summed E-state index contributed by atoms with van der Waals surface area (Å²) in [5.41, 5.74) is 1.95. The lowest BCUT2D eigenvalue weighted by Gasteiger charge is -2.10. The van der Waals surface area contributed by atoms with Gasteiger partial charge in [0.1, 0.15) is 5.82 Å². The number of carboxylic acids is 1. The average Bonchev–Trinajstić information content (AvgIpc) is 2.81. The lowest BCUT2D eigenvalue weighted by atomic mass is 10.1. The Morgan fingerprint density at radius 1 is 1.44 bits per heavy atom. The Morgan fingerprint density at radius 3 is 2.78 bits per heavy atom. The molecule has 0 aromatic carbocycles.